The van der Waals surface area contributed by atoms with Crippen LogP contribution in [0.2, 0.25) is 0 Å². The summed E-state index contributed by atoms with van der Waals surface area (Å²) < 4.78 is 5.17. The lowest BCUT2D eigenvalue weighted by molar-refractivity contribution is 0.188. The van der Waals surface area contributed by atoms with Crippen LogP contribution in [0.4, 0.5) is 4.79 Å². The number of carbonyl (C=O) groups excluding carboxylic acids is 1. The van der Waals surface area contributed by atoms with Crippen LogP contribution in [-0.4, -0.2) is 61.7 Å². The highest BCUT2D eigenvalue weighted by molar-refractivity contribution is 5.74. The maximum atomic E-state index is 12.4. The van der Waals surface area contributed by atoms with Crippen molar-refractivity contribution in [1.82, 2.24) is 15.1 Å². The number of fused-ring (bicyclic) bond motifs is 2. The van der Waals surface area contributed by atoms with Crippen LogP contribution < -0.4 is 10.1 Å². The number of likely N-dealkylation sites (N-methyl/N-ethyl adjacent to an activating group) is 1. The first-order valence-electron chi connectivity index (χ1n) is 9.55. The Morgan fingerprint density at radius 1 is 1.16 bits per heavy atom. The van der Waals surface area contributed by atoms with Gasteiger partial charge in [0.05, 0.1) is 7.11 Å². The minimum atomic E-state index is 0.116. The van der Waals surface area contributed by atoms with Crippen LogP contribution in [0.25, 0.3) is 0 Å². The highest BCUT2D eigenvalue weighted by Gasteiger charge is 2.35. The summed E-state index contributed by atoms with van der Waals surface area (Å²) in [5.41, 5.74) is 1.32. The number of hydrogen-bond donors (Lipinski definition) is 1. The average molecular weight is 345 g/mol. The number of nitrogens with zero attached hydrogens (tertiary/aromatic N) is 2. The second-order valence-electron chi connectivity index (χ2n) is 7.32. The van der Waals surface area contributed by atoms with Crippen molar-refractivity contribution in [2.75, 3.05) is 33.8 Å². The van der Waals surface area contributed by atoms with Gasteiger partial charge in [0.2, 0.25) is 0 Å². The van der Waals surface area contributed by atoms with Crippen LogP contribution >= 0.6 is 0 Å². The van der Waals surface area contributed by atoms with Crippen molar-refractivity contribution in [3.05, 3.63) is 29.8 Å². The van der Waals surface area contributed by atoms with Crippen molar-refractivity contribution in [2.24, 2.45) is 0 Å². The molecular weight excluding hydrogens is 314 g/mol. The Balaban J connectivity index is 1.34. The van der Waals surface area contributed by atoms with Crippen LogP contribution in [0.3, 0.4) is 0 Å². The monoisotopic (exact) mass is 345 g/mol. The fourth-order valence-corrected chi connectivity index (χ4v) is 4.05. The first-order valence-corrected chi connectivity index (χ1v) is 9.55. The second-order valence-corrected chi connectivity index (χ2v) is 7.32. The molecule has 3 rings (SSSR count). The number of benzene rings is 1. The molecule has 2 aliphatic rings. The molecular formula is C20H31N3O2. The molecule has 5 heteroatoms. The van der Waals surface area contributed by atoms with Crippen LogP contribution in [0.15, 0.2) is 24.3 Å². The minimum absolute atomic E-state index is 0.116. The fourth-order valence-electron chi connectivity index (χ4n) is 4.05. The van der Waals surface area contributed by atoms with Crippen molar-refractivity contribution in [3.8, 4) is 5.75 Å². The van der Waals surface area contributed by atoms with Crippen LogP contribution in [0.1, 0.15) is 37.7 Å². The Bertz CT molecular complexity index is 561. The van der Waals surface area contributed by atoms with Crippen LogP contribution in [0.5, 0.6) is 5.75 Å². The molecule has 5 nitrogen and oxygen atoms in total. The first-order chi connectivity index (χ1) is 12.2. The van der Waals surface area contributed by atoms with Crippen LogP contribution in [-0.2, 0) is 6.42 Å². The van der Waals surface area contributed by atoms with Gasteiger partial charge in [-0.3, -0.25) is 4.90 Å². The van der Waals surface area contributed by atoms with E-state index in [4.69, 9.17) is 4.74 Å². The summed E-state index contributed by atoms with van der Waals surface area (Å²) in [5.74, 6) is 0.896. The van der Waals surface area contributed by atoms with Crippen LogP contribution in [0, 0.1) is 0 Å². The zero-order valence-electron chi connectivity index (χ0n) is 15.5. The highest BCUT2D eigenvalue weighted by atomic mass is 16.5. The second kappa shape index (κ2) is 8.56. The number of aryl methyl sites for hydroxylation is 1. The maximum Gasteiger partial charge on any atom is 0.317 e. The van der Waals surface area contributed by atoms with Gasteiger partial charge in [0, 0.05) is 31.7 Å². The number of amides is 2. The molecule has 1 aromatic carbocycles. The van der Waals surface area contributed by atoms with E-state index < -0.39 is 0 Å². The SMILES string of the molecule is COc1ccc(CCCCNC(=O)N2CC[C@H]3CC[C@@H](C2)N3C)cc1. The van der Waals surface area contributed by atoms with Gasteiger partial charge in [-0.1, -0.05) is 12.1 Å². The Hall–Kier alpha value is -1.75. The molecule has 0 spiro atoms. The number of ether oxygens (including phenoxy) is 1. The zero-order chi connectivity index (χ0) is 17.6. The van der Waals surface area contributed by atoms with Gasteiger partial charge >= 0.3 is 6.03 Å². The summed E-state index contributed by atoms with van der Waals surface area (Å²) in [6.45, 7) is 2.53. The normalized spacial score (nSPS) is 23.4. The molecule has 0 aliphatic carbocycles. The van der Waals surface area contributed by atoms with E-state index in [1.807, 2.05) is 17.0 Å². The van der Waals surface area contributed by atoms with Gasteiger partial charge in [0.1, 0.15) is 5.75 Å². The van der Waals surface area contributed by atoms with Gasteiger partial charge in [-0.2, -0.15) is 0 Å². The summed E-state index contributed by atoms with van der Waals surface area (Å²) in [6.07, 6.45) is 6.77. The fraction of sp³-hybridized carbons (Fsp3) is 0.650. The van der Waals surface area contributed by atoms with Crippen molar-refractivity contribution in [3.63, 3.8) is 0 Å². The van der Waals surface area contributed by atoms with E-state index in [-0.39, 0.29) is 6.03 Å². The van der Waals surface area contributed by atoms with Crippen molar-refractivity contribution >= 4 is 6.03 Å². The topological polar surface area (TPSA) is 44.8 Å². The predicted molar refractivity (Wildman–Crippen MR) is 100 cm³/mol. The molecule has 2 amide bonds. The predicted octanol–water partition coefficient (Wildman–Crippen LogP) is 2.90. The van der Waals surface area contributed by atoms with Gasteiger partial charge in [0.15, 0.2) is 0 Å². The average Bonchev–Trinajstić information content (AvgIpc) is 2.87. The van der Waals surface area contributed by atoms with E-state index in [0.717, 1.165) is 51.1 Å². The molecule has 25 heavy (non-hydrogen) atoms. The zero-order valence-corrected chi connectivity index (χ0v) is 15.5. The first kappa shape index (κ1) is 18.1. The van der Waals surface area contributed by atoms with E-state index in [9.17, 15) is 4.79 Å². The van der Waals surface area contributed by atoms with Gasteiger partial charge < -0.3 is 15.0 Å². The molecule has 0 radical (unpaired) electrons. The summed E-state index contributed by atoms with van der Waals surface area (Å²) in [4.78, 5) is 16.9. The van der Waals surface area contributed by atoms with E-state index in [1.54, 1.807) is 7.11 Å². The van der Waals surface area contributed by atoms with Gasteiger partial charge in [-0.25, -0.2) is 4.79 Å². The standard InChI is InChI=1S/C20H31N3O2/c1-22-17-8-9-18(22)15-23(14-12-17)20(24)21-13-4-3-5-16-6-10-19(25-2)11-7-16/h6-7,10-11,17-18H,3-5,8-9,12-15H2,1-2H3,(H,21,24)/t17-,18+/m1/s1. The third-order valence-electron chi connectivity index (χ3n) is 5.76. The molecule has 0 aromatic heterocycles. The van der Waals surface area contributed by atoms with Crippen molar-refractivity contribution in [1.29, 1.82) is 0 Å². The summed E-state index contributed by atoms with van der Waals surface area (Å²) in [7, 11) is 3.90. The molecule has 1 aromatic rings. The summed E-state index contributed by atoms with van der Waals surface area (Å²) in [5, 5.41) is 3.11. The summed E-state index contributed by atoms with van der Waals surface area (Å²) in [6, 6.07) is 9.56. The lowest BCUT2D eigenvalue weighted by Gasteiger charge is -2.26. The number of hydrogen-bond acceptors (Lipinski definition) is 3. The lowest BCUT2D eigenvalue weighted by atomic mass is 10.1. The molecule has 2 atom stereocenters. The van der Waals surface area contributed by atoms with Gasteiger partial charge in [-0.05, 0) is 63.3 Å². The summed E-state index contributed by atoms with van der Waals surface area (Å²) >= 11 is 0. The Morgan fingerprint density at radius 2 is 1.92 bits per heavy atom. The molecule has 2 fully saturated rings. The minimum Gasteiger partial charge on any atom is -0.497 e. The lowest BCUT2D eigenvalue weighted by Crippen LogP contribution is -2.45. The largest absolute Gasteiger partial charge is 0.497 e. The molecule has 0 saturated carbocycles. The maximum absolute atomic E-state index is 12.4. The number of carbonyl (C=O) groups is 1. The van der Waals surface area contributed by atoms with E-state index in [0.29, 0.717) is 12.1 Å². The number of likely N-dealkylation sites (tertiary alicyclic amines) is 1. The highest BCUT2D eigenvalue weighted by Crippen LogP contribution is 2.28. The molecule has 0 unspecified atom stereocenters. The van der Waals surface area contributed by atoms with E-state index in [2.05, 4.69) is 29.4 Å². The quantitative estimate of drug-likeness (QED) is 0.807. The van der Waals surface area contributed by atoms with Crippen molar-refractivity contribution in [2.45, 2.75) is 50.6 Å². The smallest absolute Gasteiger partial charge is 0.317 e. The molecule has 138 valence electrons. The van der Waals surface area contributed by atoms with Gasteiger partial charge in [0.25, 0.3) is 0 Å². The molecule has 2 aliphatic heterocycles. The Kier molecular flexibility index (Phi) is 6.19. The van der Waals surface area contributed by atoms with E-state index in [1.165, 1.54) is 18.4 Å². The molecule has 2 heterocycles. The Morgan fingerprint density at radius 3 is 2.68 bits per heavy atom. The number of rotatable bonds is 6. The molecule has 2 bridgehead atoms. The number of nitrogens with one attached hydrogen (secondary N) is 1. The molecule has 1 N–H and O–H groups in total. The molecule has 2 saturated heterocycles. The third-order valence-corrected chi connectivity index (χ3v) is 5.76. The van der Waals surface area contributed by atoms with Crippen molar-refractivity contribution < 1.29 is 9.53 Å². The van der Waals surface area contributed by atoms with Gasteiger partial charge in [-0.15, -0.1) is 0 Å². The van der Waals surface area contributed by atoms with E-state index >= 15 is 0 Å². The number of methoxy groups -OCH3 is 1. The number of urea groups is 1. The third kappa shape index (κ3) is 4.66. The number of unbranched alkanes of at least 4 members (excludes halogenated alkanes) is 1. The Labute approximate surface area is 151 Å².